The number of rotatable bonds is 3. The molecule has 0 aliphatic rings. The highest BCUT2D eigenvalue weighted by Crippen LogP contribution is 2.27. The Labute approximate surface area is 99.5 Å². The Hall–Kier alpha value is -0.940. The standard InChI is InChI=1S/C9H7BrClNO3/c1-5-2-6(10)3-7(12(14)15)9(5)8(13)4-11/h2-3H,4H2,1H3. The van der Waals surface area contributed by atoms with Crippen molar-refractivity contribution in [2.45, 2.75) is 6.92 Å². The van der Waals surface area contributed by atoms with E-state index in [1.807, 2.05) is 0 Å². The molecule has 80 valence electrons. The first-order chi connectivity index (χ1) is 6.97. The summed E-state index contributed by atoms with van der Waals surface area (Å²) in [5.74, 6) is -0.697. The molecule has 0 bridgehead atoms. The zero-order chi connectivity index (χ0) is 11.6. The topological polar surface area (TPSA) is 60.2 Å². The van der Waals surface area contributed by atoms with Crippen LogP contribution in [0.3, 0.4) is 0 Å². The van der Waals surface area contributed by atoms with Crippen LogP contribution in [0, 0.1) is 17.0 Å². The van der Waals surface area contributed by atoms with Gasteiger partial charge in [-0.05, 0) is 18.6 Å². The van der Waals surface area contributed by atoms with Crippen molar-refractivity contribution in [1.82, 2.24) is 0 Å². The lowest BCUT2D eigenvalue weighted by Crippen LogP contribution is -2.07. The fraction of sp³-hybridized carbons (Fsp3) is 0.222. The van der Waals surface area contributed by atoms with E-state index in [4.69, 9.17) is 11.6 Å². The van der Waals surface area contributed by atoms with Gasteiger partial charge in [0.2, 0.25) is 0 Å². The predicted molar refractivity (Wildman–Crippen MR) is 60.6 cm³/mol. The van der Waals surface area contributed by atoms with E-state index in [0.29, 0.717) is 10.0 Å². The van der Waals surface area contributed by atoms with E-state index in [1.54, 1.807) is 13.0 Å². The summed E-state index contributed by atoms with van der Waals surface area (Å²) in [6, 6.07) is 2.94. The molecule has 0 fully saturated rings. The van der Waals surface area contributed by atoms with Crippen molar-refractivity contribution in [2.24, 2.45) is 0 Å². The Kier molecular flexibility index (Phi) is 3.82. The minimum atomic E-state index is -0.586. The third-order valence-electron chi connectivity index (χ3n) is 1.88. The van der Waals surface area contributed by atoms with E-state index in [-0.39, 0.29) is 17.1 Å². The minimum absolute atomic E-state index is 0.0817. The van der Waals surface area contributed by atoms with Gasteiger partial charge in [-0.2, -0.15) is 0 Å². The van der Waals surface area contributed by atoms with Gasteiger partial charge in [0.1, 0.15) is 0 Å². The van der Waals surface area contributed by atoms with Crippen LogP contribution in [0.15, 0.2) is 16.6 Å². The molecule has 0 spiro atoms. The summed E-state index contributed by atoms with van der Waals surface area (Å²) in [6.45, 7) is 1.64. The summed E-state index contributed by atoms with van der Waals surface area (Å²) in [7, 11) is 0. The summed E-state index contributed by atoms with van der Waals surface area (Å²) in [5.41, 5.74) is 0.410. The summed E-state index contributed by atoms with van der Waals surface area (Å²) < 4.78 is 0.567. The van der Waals surface area contributed by atoms with Crippen LogP contribution < -0.4 is 0 Å². The first-order valence-electron chi connectivity index (χ1n) is 4.01. The highest BCUT2D eigenvalue weighted by molar-refractivity contribution is 9.10. The van der Waals surface area contributed by atoms with Crippen molar-refractivity contribution in [3.8, 4) is 0 Å². The zero-order valence-corrected chi connectivity index (χ0v) is 10.1. The maximum atomic E-state index is 11.4. The second kappa shape index (κ2) is 4.72. The molecule has 0 aliphatic heterocycles. The largest absolute Gasteiger partial charge is 0.293 e. The van der Waals surface area contributed by atoms with Crippen molar-refractivity contribution in [1.29, 1.82) is 0 Å². The molecule has 1 aromatic carbocycles. The van der Waals surface area contributed by atoms with Crippen LogP contribution >= 0.6 is 27.5 Å². The number of benzene rings is 1. The molecule has 0 atom stereocenters. The van der Waals surface area contributed by atoms with Crippen molar-refractivity contribution in [2.75, 3.05) is 5.88 Å². The lowest BCUT2D eigenvalue weighted by molar-refractivity contribution is -0.385. The average Bonchev–Trinajstić information content (AvgIpc) is 2.15. The molecule has 4 nitrogen and oxygen atoms in total. The quantitative estimate of drug-likeness (QED) is 0.372. The van der Waals surface area contributed by atoms with E-state index in [9.17, 15) is 14.9 Å². The number of carbonyl (C=O) groups excluding carboxylic acids is 1. The van der Waals surface area contributed by atoms with Gasteiger partial charge in [-0.1, -0.05) is 15.9 Å². The summed E-state index contributed by atoms with van der Waals surface area (Å²) in [4.78, 5) is 21.6. The molecule has 15 heavy (non-hydrogen) atoms. The van der Waals surface area contributed by atoms with Crippen LogP contribution in [0.2, 0.25) is 0 Å². The van der Waals surface area contributed by atoms with Gasteiger partial charge in [0.05, 0.1) is 16.4 Å². The average molecular weight is 293 g/mol. The number of halogens is 2. The second-order valence-electron chi connectivity index (χ2n) is 2.93. The monoisotopic (exact) mass is 291 g/mol. The normalized spacial score (nSPS) is 10.1. The van der Waals surface area contributed by atoms with Crippen molar-refractivity contribution < 1.29 is 9.72 Å². The Balaban J connectivity index is 3.46. The van der Waals surface area contributed by atoms with Crippen LogP contribution in [0.25, 0.3) is 0 Å². The third kappa shape index (κ3) is 2.54. The van der Waals surface area contributed by atoms with Gasteiger partial charge in [0, 0.05) is 10.5 Å². The highest BCUT2D eigenvalue weighted by Gasteiger charge is 2.22. The van der Waals surface area contributed by atoms with Gasteiger partial charge in [-0.15, -0.1) is 11.6 Å². The van der Waals surface area contributed by atoms with Crippen LogP contribution in [-0.4, -0.2) is 16.6 Å². The number of aryl methyl sites for hydroxylation is 1. The number of nitrogens with zero attached hydrogens (tertiary/aromatic N) is 1. The van der Waals surface area contributed by atoms with Crippen molar-refractivity contribution >= 4 is 39.0 Å². The molecule has 6 heteroatoms. The number of hydrogen-bond acceptors (Lipinski definition) is 3. The summed E-state index contributed by atoms with van der Waals surface area (Å²) >= 11 is 8.53. The SMILES string of the molecule is Cc1cc(Br)cc([N+](=O)[O-])c1C(=O)CCl. The van der Waals surface area contributed by atoms with E-state index in [0.717, 1.165) is 0 Å². The Bertz CT molecular complexity index is 434. The summed E-state index contributed by atoms with van der Waals surface area (Å²) in [6.07, 6.45) is 0. The molecule has 0 amide bonds. The fourth-order valence-corrected chi connectivity index (χ4v) is 1.99. The van der Waals surface area contributed by atoms with Gasteiger partial charge in [-0.25, -0.2) is 0 Å². The Morgan fingerprint density at radius 2 is 2.20 bits per heavy atom. The van der Waals surface area contributed by atoms with Gasteiger partial charge in [0.25, 0.3) is 5.69 Å². The van der Waals surface area contributed by atoms with E-state index < -0.39 is 10.7 Å². The number of ketones is 1. The lowest BCUT2D eigenvalue weighted by atomic mass is 10.0. The Morgan fingerprint density at radius 1 is 1.60 bits per heavy atom. The third-order valence-corrected chi connectivity index (χ3v) is 2.58. The molecule has 0 aliphatic carbocycles. The number of carbonyl (C=O) groups is 1. The molecule has 1 rings (SSSR count). The molecule has 0 saturated heterocycles. The molecule has 0 N–H and O–H groups in total. The smallest absolute Gasteiger partial charge is 0.281 e. The number of hydrogen-bond donors (Lipinski definition) is 0. The van der Waals surface area contributed by atoms with Crippen LogP contribution in [0.1, 0.15) is 15.9 Å². The van der Waals surface area contributed by atoms with E-state index >= 15 is 0 Å². The van der Waals surface area contributed by atoms with Gasteiger partial charge < -0.3 is 0 Å². The maximum Gasteiger partial charge on any atom is 0.281 e. The van der Waals surface area contributed by atoms with Crippen LogP contribution in [0.4, 0.5) is 5.69 Å². The zero-order valence-electron chi connectivity index (χ0n) is 7.79. The molecule has 0 unspecified atom stereocenters. The van der Waals surface area contributed by atoms with Crippen LogP contribution in [-0.2, 0) is 0 Å². The van der Waals surface area contributed by atoms with Gasteiger partial charge >= 0.3 is 0 Å². The fourth-order valence-electron chi connectivity index (χ4n) is 1.30. The first-order valence-corrected chi connectivity index (χ1v) is 5.33. The number of Topliss-reactive ketones (excluding diaryl/α,β-unsaturated/α-hetero) is 1. The molecular formula is C9H7BrClNO3. The Morgan fingerprint density at radius 3 is 2.67 bits per heavy atom. The lowest BCUT2D eigenvalue weighted by Gasteiger charge is -2.04. The predicted octanol–water partition coefficient (Wildman–Crippen LogP) is 3.09. The van der Waals surface area contributed by atoms with Crippen molar-refractivity contribution in [3.63, 3.8) is 0 Å². The molecule has 0 saturated carbocycles. The highest BCUT2D eigenvalue weighted by atomic mass is 79.9. The number of nitro groups is 1. The second-order valence-corrected chi connectivity index (χ2v) is 4.11. The first kappa shape index (κ1) is 12.1. The maximum absolute atomic E-state index is 11.4. The van der Waals surface area contributed by atoms with Gasteiger partial charge in [-0.3, -0.25) is 14.9 Å². The number of alkyl halides is 1. The van der Waals surface area contributed by atoms with Crippen LogP contribution in [0.5, 0.6) is 0 Å². The summed E-state index contributed by atoms with van der Waals surface area (Å²) in [5, 5.41) is 10.7. The molecule has 0 heterocycles. The van der Waals surface area contributed by atoms with Gasteiger partial charge in [0.15, 0.2) is 5.78 Å². The minimum Gasteiger partial charge on any atom is -0.293 e. The molecule has 0 radical (unpaired) electrons. The van der Waals surface area contributed by atoms with Crippen molar-refractivity contribution in [3.05, 3.63) is 37.8 Å². The molecule has 0 aromatic heterocycles. The van der Waals surface area contributed by atoms with E-state index in [1.165, 1.54) is 6.07 Å². The van der Waals surface area contributed by atoms with E-state index in [2.05, 4.69) is 15.9 Å². The number of nitro benzene ring substituents is 1. The molecule has 1 aromatic rings. The molecular weight excluding hydrogens is 285 g/mol.